The smallest absolute Gasteiger partial charge is 0.129 e. The van der Waals surface area contributed by atoms with Crippen LogP contribution < -0.4 is 5.32 Å². The molecule has 2 rings (SSSR count). The lowest BCUT2D eigenvalue weighted by Gasteiger charge is -2.20. The predicted octanol–water partition coefficient (Wildman–Crippen LogP) is 4.13. The molecule has 2 nitrogen and oxygen atoms in total. The van der Waals surface area contributed by atoms with Crippen LogP contribution in [0.1, 0.15) is 30.5 Å². The number of thiazole rings is 1. The molecule has 0 radical (unpaired) electrons. The highest BCUT2D eigenvalue weighted by Gasteiger charge is 2.20. The molecule has 0 saturated carbocycles. The summed E-state index contributed by atoms with van der Waals surface area (Å²) in [5.74, 6) is -0.224. The standard InChI is InChI=1S/C13H14BrFN2S/c1-8(2)17-12(13-16-5-6-18-13)10-4-3-9(14)7-11(10)15/h3-8,12,17H,1-2H3. The molecule has 0 aliphatic carbocycles. The van der Waals surface area contributed by atoms with E-state index in [-0.39, 0.29) is 17.9 Å². The van der Waals surface area contributed by atoms with Gasteiger partial charge in [0, 0.05) is 27.7 Å². The fraction of sp³-hybridized carbons (Fsp3) is 0.308. The number of benzene rings is 1. The number of aromatic nitrogens is 1. The van der Waals surface area contributed by atoms with Crippen LogP contribution in [0.15, 0.2) is 34.2 Å². The normalized spacial score (nSPS) is 12.9. The Kier molecular flexibility index (Phi) is 4.48. The molecule has 0 amide bonds. The van der Waals surface area contributed by atoms with Crippen LogP contribution in [0.25, 0.3) is 0 Å². The highest BCUT2D eigenvalue weighted by molar-refractivity contribution is 9.10. The maximum absolute atomic E-state index is 14.0. The molecule has 18 heavy (non-hydrogen) atoms. The van der Waals surface area contributed by atoms with Crippen LogP contribution >= 0.6 is 27.3 Å². The summed E-state index contributed by atoms with van der Waals surface area (Å²) in [5.41, 5.74) is 0.627. The molecule has 0 spiro atoms. The first-order valence-electron chi connectivity index (χ1n) is 5.68. The summed E-state index contributed by atoms with van der Waals surface area (Å²) in [7, 11) is 0. The minimum absolute atomic E-state index is 0.196. The van der Waals surface area contributed by atoms with E-state index in [0.29, 0.717) is 5.56 Å². The Hall–Kier alpha value is -0.780. The molecule has 1 atom stereocenters. The highest BCUT2D eigenvalue weighted by atomic mass is 79.9. The van der Waals surface area contributed by atoms with Gasteiger partial charge in [-0.15, -0.1) is 11.3 Å². The van der Waals surface area contributed by atoms with E-state index in [4.69, 9.17) is 0 Å². The Morgan fingerprint density at radius 2 is 2.17 bits per heavy atom. The van der Waals surface area contributed by atoms with E-state index in [1.165, 1.54) is 17.4 Å². The lowest BCUT2D eigenvalue weighted by Crippen LogP contribution is -2.29. The molecule has 5 heteroatoms. The van der Waals surface area contributed by atoms with Gasteiger partial charge in [0.15, 0.2) is 0 Å². The Bertz CT molecular complexity index is 514. The molecule has 0 aliphatic heterocycles. The van der Waals surface area contributed by atoms with Gasteiger partial charge >= 0.3 is 0 Å². The summed E-state index contributed by atoms with van der Waals surface area (Å²) >= 11 is 4.80. The minimum Gasteiger partial charge on any atom is -0.302 e. The summed E-state index contributed by atoms with van der Waals surface area (Å²) in [6.45, 7) is 4.08. The summed E-state index contributed by atoms with van der Waals surface area (Å²) in [4.78, 5) is 4.29. The van der Waals surface area contributed by atoms with Crippen molar-refractivity contribution < 1.29 is 4.39 Å². The number of hydrogen-bond donors (Lipinski definition) is 1. The molecule has 0 bridgehead atoms. The monoisotopic (exact) mass is 328 g/mol. The van der Waals surface area contributed by atoms with E-state index in [1.807, 2.05) is 25.3 Å². The first kappa shape index (κ1) is 13.6. The lowest BCUT2D eigenvalue weighted by molar-refractivity contribution is 0.501. The van der Waals surface area contributed by atoms with Crippen molar-refractivity contribution >= 4 is 27.3 Å². The van der Waals surface area contributed by atoms with Crippen molar-refractivity contribution in [1.29, 1.82) is 0 Å². The highest BCUT2D eigenvalue weighted by Crippen LogP contribution is 2.28. The van der Waals surface area contributed by atoms with E-state index in [1.54, 1.807) is 12.3 Å². The summed E-state index contributed by atoms with van der Waals surface area (Å²) in [5, 5.41) is 6.13. The third kappa shape index (κ3) is 3.16. The Balaban J connectivity index is 2.40. The summed E-state index contributed by atoms with van der Waals surface area (Å²) < 4.78 is 14.8. The third-order valence-corrected chi connectivity index (χ3v) is 3.81. The predicted molar refractivity (Wildman–Crippen MR) is 76.3 cm³/mol. The van der Waals surface area contributed by atoms with E-state index in [0.717, 1.165) is 9.48 Å². The molecule has 1 unspecified atom stereocenters. The first-order chi connectivity index (χ1) is 8.58. The topological polar surface area (TPSA) is 24.9 Å². The second kappa shape index (κ2) is 5.91. The van der Waals surface area contributed by atoms with Crippen molar-refractivity contribution in [3.8, 4) is 0 Å². The third-order valence-electron chi connectivity index (χ3n) is 2.47. The van der Waals surface area contributed by atoms with Gasteiger partial charge in [-0.2, -0.15) is 0 Å². The van der Waals surface area contributed by atoms with Crippen LogP contribution in [0.2, 0.25) is 0 Å². The number of nitrogens with one attached hydrogen (secondary N) is 1. The Labute approximate surface area is 118 Å². The second-order valence-electron chi connectivity index (χ2n) is 4.29. The van der Waals surface area contributed by atoms with Gasteiger partial charge in [-0.1, -0.05) is 22.0 Å². The van der Waals surface area contributed by atoms with Crippen LogP contribution in [0.5, 0.6) is 0 Å². The van der Waals surface area contributed by atoms with Crippen molar-refractivity contribution in [2.45, 2.75) is 25.9 Å². The van der Waals surface area contributed by atoms with Crippen LogP contribution in [0.3, 0.4) is 0 Å². The van der Waals surface area contributed by atoms with E-state index < -0.39 is 0 Å². The molecule has 0 fully saturated rings. The van der Waals surface area contributed by atoms with Crippen LogP contribution in [0.4, 0.5) is 4.39 Å². The van der Waals surface area contributed by atoms with Crippen molar-refractivity contribution in [1.82, 2.24) is 10.3 Å². The fourth-order valence-corrected chi connectivity index (χ4v) is 2.79. The van der Waals surface area contributed by atoms with Gasteiger partial charge in [0.05, 0.1) is 6.04 Å². The van der Waals surface area contributed by atoms with Crippen LogP contribution in [0, 0.1) is 5.82 Å². The molecule has 1 aromatic heterocycles. The fourth-order valence-electron chi connectivity index (χ4n) is 1.74. The van der Waals surface area contributed by atoms with Crippen molar-refractivity contribution in [2.75, 3.05) is 0 Å². The largest absolute Gasteiger partial charge is 0.302 e. The quantitative estimate of drug-likeness (QED) is 0.912. The lowest BCUT2D eigenvalue weighted by atomic mass is 10.1. The van der Waals surface area contributed by atoms with Gasteiger partial charge in [-0.25, -0.2) is 9.37 Å². The molecule has 1 aromatic carbocycles. The molecule has 0 aliphatic rings. The van der Waals surface area contributed by atoms with Gasteiger partial charge in [0.25, 0.3) is 0 Å². The zero-order valence-electron chi connectivity index (χ0n) is 10.2. The zero-order chi connectivity index (χ0) is 13.1. The molecular weight excluding hydrogens is 315 g/mol. The van der Waals surface area contributed by atoms with E-state index >= 15 is 0 Å². The summed E-state index contributed by atoms with van der Waals surface area (Å²) in [6, 6.07) is 5.18. The van der Waals surface area contributed by atoms with Crippen molar-refractivity contribution in [3.63, 3.8) is 0 Å². The maximum atomic E-state index is 14.0. The molecule has 1 N–H and O–H groups in total. The maximum Gasteiger partial charge on any atom is 0.129 e. The van der Waals surface area contributed by atoms with Gasteiger partial charge < -0.3 is 5.32 Å². The Morgan fingerprint density at radius 3 is 2.72 bits per heavy atom. The van der Waals surface area contributed by atoms with E-state index in [2.05, 4.69) is 26.2 Å². The second-order valence-corrected chi connectivity index (χ2v) is 6.13. The van der Waals surface area contributed by atoms with E-state index in [9.17, 15) is 4.39 Å². The Morgan fingerprint density at radius 1 is 1.39 bits per heavy atom. The van der Waals surface area contributed by atoms with Gasteiger partial charge in [0.1, 0.15) is 10.8 Å². The minimum atomic E-state index is -0.224. The van der Waals surface area contributed by atoms with Gasteiger partial charge in [0.2, 0.25) is 0 Å². The van der Waals surface area contributed by atoms with Gasteiger partial charge in [-0.3, -0.25) is 0 Å². The summed E-state index contributed by atoms with van der Waals surface area (Å²) in [6.07, 6.45) is 1.74. The van der Waals surface area contributed by atoms with Crippen LogP contribution in [-0.2, 0) is 0 Å². The molecule has 96 valence electrons. The molecule has 1 heterocycles. The van der Waals surface area contributed by atoms with Crippen LogP contribution in [-0.4, -0.2) is 11.0 Å². The average Bonchev–Trinajstić information content (AvgIpc) is 2.79. The molecular formula is C13H14BrFN2S. The molecule has 0 saturated heterocycles. The number of rotatable bonds is 4. The average molecular weight is 329 g/mol. The molecule has 2 aromatic rings. The van der Waals surface area contributed by atoms with Crippen molar-refractivity contribution in [2.24, 2.45) is 0 Å². The zero-order valence-corrected chi connectivity index (χ0v) is 12.6. The number of halogens is 2. The SMILES string of the molecule is CC(C)NC(c1nccs1)c1ccc(Br)cc1F. The first-order valence-corrected chi connectivity index (χ1v) is 7.35. The van der Waals surface area contributed by atoms with Gasteiger partial charge in [-0.05, 0) is 26.0 Å². The number of hydrogen-bond acceptors (Lipinski definition) is 3. The van der Waals surface area contributed by atoms with Crippen molar-refractivity contribution in [3.05, 3.63) is 50.6 Å². The number of nitrogens with zero attached hydrogens (tertiary/aromatic N) is 1.